The van der Waals surface area contributed by atoms with Crippen molar-refractivity contribution in [2.24, 2.45) is 11.3 Å². The molecule has 0 aromatic rings. The second kappa shape index (κ2) is 5.05. The lowest BCUT2D eigenvalue weighted by Gasteiger charge is -2.29. The molecule has 0 amide bonds. The van der Waals surface area contributed by atoms with E-state index < -0.39 is 0 Å². The van der Waals surface area contributed by atoms with Crippen LogP contribution in [0.1, 0.15) is 46.5 Å². The van der Waals surface area contributed by atoms with Gasteiger partial charge in [-0.2, -0.15) is 0 Å². The predicted molar refractivity (Wildman–Crippen MR) is 69.6 cm³/mol. The van der Waals surface area contributed by atoms with Crippen LogP contribution in [0.5, 0.6) is 0 Å². The van der Waals surface area contributed by atoms with Gasteiger partial charge in [0.05, 0.1) is 0 Å². The van der Waals surface area contributed by atoms with Gasteiger partial charge >= 0.3 is 0 Å². The molecule has 2 rings (SSSR count). The number of nitrogens with zero attached hydrogens (tertiary/aromatic N) is 1. The average Bonchev–Trinajstić information content (AvgIpc) is 3.03. The molecule has 94 valence electrons. The van der Waals surface area contributed by atoms with E-state index >= 15 is 0 Å². The summed E-state index contributed by atoms with van der Waals surface area (Å²) in [6.07, 6.45) is 5.64. The van der Waals surface area contributed by atoms with Crippen molar-refractivity contribution in [3.05, 3.63) is 0 Å². The Morgan fingerprint density at radius 1 is 1.38 bits per heavy atom. The maximum atomic E-state index is 3.69. The van der Waals surface area contributed by atoms with Gasteiger partial charge in [-0.3, -0.25) is 0 Å². The third-order valence-corrected chi connectivity index (χ3v) is 4.58. The van der Waals surface area contributed by atoms with E-state index in [1.54, 1.807) is 0 Å². The standard InChI is InChI=1S/C14H28N2/c1-4-14(6-7-14)11-16-9-5-8-15-13(10-16)12(2)3/h12-13,15H,4-11H2,1-3H3. The SMILES string of the molecule is CCC1(CN2CCCNC(C(C)C)C2)CC1. The third-order valence-electron chi connectivity index (χ3n) is 4.58. The van der Waals surface area contributed by atoms with Gasteiger partial charge in [0.2, 0.25) is 0 Å². The van der Waals surface area contributed by atoms with Crippen LogP contribution in [-0.4, -0.2) is 37.1 Å². The Hall–Kier alpha value is -0.0800. The van der Waals surface area contributed by atoms with Crippen molar-refractivity contribution in [2.75, 3.05) is 26.2 Å². The number of rotatable bonds is 4. The first-order valence-electron chi connectivity index (χ1n) is 7.11. The molecule has 1 saturated heterocycles. The zero-order valence-electron chi connectivity index (χ0n) is 11.3. The van der Waals surface area contributed by atoms with Crippen LogP contribution in [0.2, 0.25) is 0 Å². The Kier molecular flexibility index (Phi) is 3.91. The van der Waals surface area contributed by atoms with Crippen LogP contribution in [0.4, 0.5) is 0 Å². The molecule has 1 aliphatic heterocycles. The van der Waals surface area contributed by atoms with E-state index in [0.29, 0.717) is 11.5 Å². The molecule has 0 aromatic heterocycles. The highest BCUT2D eigenvalue weighted by molar-refractivity contribution is 4.95. The normalized spacial score (nSPS) is 30.4. The Labute approximate surface area is 101 Å². The van der Waals surface area contributed by atoms with Crippen molar-refractivity contribution in [3.8, 4) is 0 Å². The molecule has 2 fully saturated rings. The Bertz CT molecular complexity index is 221. The van der Waals surface area contributed by atoms with Crippen LogP contribution in [-0.2, 0) is 0 Å². The summed E-state index contributed by atoms with van der Waals surface area (Å²) < 4.78 is 0. The van der Waals surface area contributed by atoms with Gasteiger partial charge in [-0.1, -0.05) is 20.8 Å². The summed E-state index contributed by atoms with van der Waals surface area (Å²) in [5, 5.41) is 3.69. The lowest BCUT2D eigenvalue weighted by atomic mass is 10.0. The summed E-state index contributed by atoms with van der Waals surface area (Å²) in [5.41, 5.74) is 0.714. The second-order valence-electron chi connectivity index (χ2n) is 6.25. The van der Waals surface area contributed by atoms with Crippen LogP contribution in [0.15, 0.2) is 0 Å². The maximum Gasteiger partial charge on any atom is 0.0217 e. The van der Waals surface area contributed by atoms with Crippen LogP contribution in [0, 0.1) is 11.3 Å². The van der Waals surface area contributed by atoms with E-state index in [4.69, 9.17) is 0 Å². The molecule has 16 heavy (non-hydrogen) atoms. The van der Waals surface area contributed by atoms with Crippen molar-refractivity contribution < 1.29 is 0 Å². The van der Waals surface area contributed by atoms with E-state index in [-0.39, 0.29) is 0 Å². The van der Waals surface area contributed by atoms with Crippen LogP contribution in [0.25, 0.3) is 0 Å². The van der Waals surface area contributed by atoms with Crippen LogP contribution in [0.3, 0.4) is 0 Å². The van der Waals surface area contributed by atoms with E-state index in [1.807, 2.05) is 0 Å². The van der Waals surface area contributed by atoms with Gasteiger partial charge in [0.1, 0.15) is 0 Å². The van der Waals surface area contributed by atoms with Gasteiger partial charge in [-0.15, -0.1) is 0 Å². The lowest BCUT2D eigenvalue weighted by molar-refractivity contribution is 0.199. The molecule has 1 aliphatic carbocycles. The molecule has 2 heteroatoms. The van der Waals surface area contributed by atoms with Gasteiger partial charge in [0.25, 0.3) is 0 Å². The number of hydrogen-bond acceptors (Lipinski definition) is 2. The van der Waals surface area contributed by atoms with E-state index in [0.717, 1.165) is 5.92 Å². The molecule has 1 heterocycles. The molecular weight excluding hydrogens is 196 g/mol. The minimum Gasteiger partial charge on any atom is -0.312 e. The van der Waals surface area contributed by atoms with Gasteiger partial charge < -0.3 is 10.2 Å². The highest BCUT2D eigenvalue weighted by Gasteiger charge is 2.42. The van der Waals surface area contributed by atoms with Gasteiger partial charge in [0, 0.05) is 19.1 Å². The fourth-order valence-electron chi connectivity index (χ4n) is 2.89. The summed E-state index contributed by atoms with van der Waals surface area (Å²) in [4.78, 5) is 2.72. The molecule has 0 bridgehead atoms. The molecule has 0 aromatic carbocycles. The Balaban J connectivity index is 1.88. The predicted octanol–water partition coefficient (Wildman–Crippen LogP) is 2.50. The fraction of sp³-hybridized carbons (Fsp3) is 1.00. The minimum atomic E-state index is 0.704. The van der Waals surface area contributed by atoms with Crippen molar-refractivity contribution in [1.82, 2.24) is 10.2 Å². The average molecular weight is 224 g/mol. The summed E-state index contributed by atoms with van der Waals surface area (Å²) in [7, 11) is 0. The molecule has 1 unspecified atom stereocenters. The number of nitrogens with one attached hydrogen (secondary N) is 1. The quantitative estimate of drug-likeness (QED) is 0.789. The van der Waals surface area contributed by atoms with Crippen molar-refractivity contribution in [3.63, 3.8) is 0 Å². The van der Waals surface area contributed by atoms with E-state index in [1.165, 1.54) is 51.9 Å². The molecule has 1 N–H and O–H groups in total. The Morgan fingerprint density at radius 2 is 2.12 bits per heavy atom. The van der Waals surface area contributed by atoms with Crippen LogP contribution < -0.4 is 5.32 Å². The molecule has 2 nitrogen and oxygen atoms in total. The fourth-order valence-corrected chi connectivity index (χ4v) is 2.89. The minimum absolute atomic E-state index is 0.704. The van der Waals surface area contributed by atoms with Crippen LogP contribution >= 0.6 is 0 Å². The smallest absolute Gasteiger partial charge is 0.0217 e. The summed E-state index contributed by atoms with van der Waals surface area (Å²) in [6.45, 7) is 12.2. The van der Waals surface area contributed by atoms with E-state index in [2.05, 4.69) is 31.0 Å². The molecule has 1 saturated carbocycles. The molecular formula is C14H28N2. The maximum absolute atomic E-state index is 3.69. The molecule has 1 atom stereocenters. The summed E-state index contributed by atoms with van der Waals surface area (Å²) >= 11 is 0. The summed E-state index contributed by atoms with van der Waals surface area (Å²) in [6, 6.07) is 0.704. The van der Waals surface area contributed by atoms with Crippen molar-refractivity contribution in [1.29, 1.82) is 0 Å². The first-order valence-corrected chi connectivity index (χ1v) is 7.11. The highest BCUT2D eigenvalue weighted by Crippen LogP contribution is 2.49. The van der Waals surface area contributed by atoms with Gasteiger partial charge in [0.15, 0.2) is 0 Å². The molecule has 0 radical (unpaired) electrons. The molecule has 0 spiro atoms. The zero-order valence-corrected chi connectivity index (χ0v) is 11.3. The van der Waals surface area contributed by atoms with Crippen molar-refractivity contribution >= 4 is 0 Å². The first kappa shape index (κ1) is 12.4. The highest BCUT2D eigenvalue weighted by atomic mass is 15.2. The first-order chi connectivity index (χ1) is 7.65. The molecule has 2 aliphatic rings. The monoisotopic (exact) mass is 224 g/mol. The van der Waals surface area contributed by atoms with Gasteiger partial charge in [-0.05, 0) is 50.1 Å². The summed E-state index contributed by atoms with van der Waals surface area (Å²) in [5.74, 6) is 0.761. The topological polar surface area (TPSA) is 15.3 Å². The Morgan fingerprint density at radius 3 is 2.69 bits per heavy atom. The van der Waals surface area contributed by atoms with E-state index in [9.17, 15) is 0 Å². The largest absolute Gasteiger partial charge is 0.312 e. The zero-order chi connectivity index (χ0) is 11.6. The lowest BCUT2D eigenvalue weighted by Crippen LogP contribution is -2.42. The van der Waals surface area contributed by atoms with Gasteiger partial charge in [-0.25, -0.2) is 0 Å². The number of hydrogen-bond donors (Lipinski definition) is 1. The second-order valence-corrected chi connectivity index (χ2v) is 6.25. The van der Waals surface area contributed by atoms with Crippen molar-refractivity contribution in [2.45, 2.75) is 52.5 Å². The third kappa shape index (κ3) is 2.98.